The number of benzene rings is 1. The fourth-order valence-corrected chi connectivity index (χ4v) is 2.77. The molecule has 1 aliphatic rings. The molecule has 6 nitrogen and oxygen atoms in total. The molecule has 24 heavy (non-hydrogen) atoms. The number of nitrogens with zero attached hydrogens (tertiary/aromatic N) is 1. The van der Waals surface area contributed by atoms with Gasteiger partial charge in [0.15, 0.2) is 16.3 Å². The van der Waals surface area contributed by atoms with E-state index >= 15 is 0 Å². The maximum absolute atomic E-state index is 12.6. The van der Waals surface area contributed by atoms with Crippen LogP contribution >= 0.6 is 23.2 Å². The summed E-state index contributed by atoms with van der Waals surface area (Å²) in [5.41, 5.74) is 0.539. The van der Waals surface area contributed by atoms with Gasteiger partial charge in [-0.25, -0.2) is 0 Å². The quantitative estimate of drug-likeness (QED) is 0.802. The topological polar surface area (TPSA) is 67.9 Å². The van der Waals surface area contributed by atoms with Crippen LogP contribution in [-0.2, 0) is 4.79 Å². The van der Waals surface area contributed by atoms with Crippen LogP contribution in [0.4, 0.5) is 0 Å². The summed E-state index contributed by atoms with van der Waals surface area (Å²) < 4.78 is 10.4. The van der Waals surface area contributed by atoms with E-state index in [0.29, 0.717) is 43.0 Å². The van der Waals surface area contributed by atoms with Crippen LogP contribution in [0.25, 0.3) is 0 Å². The van der Waals surface area contributed by atoms with Crippen molar-refractivity contribution in [2.45, 2.75) is 23.7 Å². The zero-order chi connectivity index (χ0) is 17.7. The number of ether oxygens (including phenoxy) is 2. The Hall–Kier alpha value is -1.66. The minimum absolute atomic E-state index is 0.0213. The van der Waals surface area contributed by atoms with Crippen molar-refractivity contribution in [2.75, 3.05) is 27.3 Å². The molecule has 0 bridgehead atoms. The molecular weight excluding hydrogens is 355 g/mol. The molecule has 0 saturated carbocycles. The first-order valence-corrected chi connectivity index (χ1v) is 8.43. The Bertz CT molecular complexity index is 602. The van der Waals surface area contributed by atoms with E-state index in [9.17, 15) is 9.59 Å². The zero-order valence-electron chi connectivity index (χ0n) is 13.6. The van der Waals surface area contributed by atoms with Crippen molar-refractivity contribution in [3.63, 3.8) is 0 Å². The SMILES string of the molecule is COc1ccc(C(=O)N2CCC(NC(=O)C(Cl)Cl)CC2)cc1OC. The van der Waals surface area contributed by atoms with Crippen molar-refractivity contribution in [3.05, 3.63) is 23.8 Å². The predicted molar refractivity (Wildman–Crippen MR) is 92.1 cm³/mol. The summed E-state index contributed by atoms with van der Waals surface area (Å²) in [7, 11) is 3.08. The van der Waals surface area contributed by atoms with Crippen LogP contribution in [0.3, 0.4) is 0 Å². The number of halogens is 2. The smallest absolute Gasteiger partial charge is 0.253 e. The number of hydrogen-bond donors (Lipinski definition) is 1. The number of carbonyl (C=O) groups excluding carboxylic acids is 2. The third-order valence-electron chi connectivity index (χ3n) is 3.96. The number of nitrogens with one attached hydrogen (secondary N) is 1. The van der Waals surface area contributed by atoms with Crippen LogP contribution in [0.5, 0.6) is 11.5 Å². The summed E-state index contributed by atoms with van der Waals surface area (Å²) in [6.45, 7) is 1.10. The molecular formula is C16H20Cl2N2O4. The van der Waals surface area contributed by atoms with Crippen LogP contribution in [-0.4, -0.2) is 54.9 Å². The van der Waals surface area contributed by atoms with Crippen LogP contribution in [0.15, 0.2) is 18.2 Å². The summed E-state index contributed by atoms with van der Waals surface area (Å²) >= 11 is 11.1. The number of carbonyl (C=O) groups is 2. The molecule has 0 aliphatic carbocycles. The van der Waals surface area contributed by atoms with E-state index in [1.807, 2.05) is 0 Å². The van der Waals surface area contributed by atoms with E-state index in [-0.39, 0.29) is 11.9 Å². The number of rotatable bonds is 5. The summed E-state index contributed by atoms with van der Waals surface area (Å²) in [6.07, 6.45) is 1.32. The molecule has 0 radical (unpaired) electrons. The number of amides is 2. The van der Waals surface area contributed by atoms with Gasteiger partial charge in [0, 0.05) is 24.7 Å². The maximum Gasteiger partial charge on any atom is 0.253 e. The number of piperidine rings is 1. The molecule has 2 rings (SSSR count). The van der Waals surface area contributed by atoms with Gasteiger partial charge in [0.2, 0.25) is 0 Å². The number of likely N-dealkylation sites (tertiary alicyclic amines) is 1. The zero-order valence-corrected chi connectivity index (χ0v) is 15.1. The molecule has 0 unspecified atom stereocenters. The van der Waals surface area contributed by atoms with E-state index in [2.05, 4.69) is 5.32 Å². The molecule has 2 amide bonds. The van der Waals surface area contributed by atoms with Gasteiger partial charge in [0.05, 0.1) is 14.2 Å². The van der Waals surface area contributed by atoms with Gasteiger partial charge in [-0.1, -0.05) is 23.2 Å². The highest BCUT2D eigenvalue weighted by molar-refractivity contribution is 6.53. The van der Waals surface area contributed by atoms with Crippen molar-refractivity contribution in [1.82, 2.24) is 10.2 Å². The molecule has 132 valence electrons. The van der Waals surface area contributed by atoms with Crippen LogP contribution in [0.2, 0.25) is 0 Å². The standard InChI is InChI=1S/C16H20Cl2N2O4/c1-23-12-4-3-10(9-13(12)24-2)16(22)20-7-5-11(6-8-20)19-15(21)14(17)18/h3-4,9,11,14H,5-8H2,1-2H3,(H,19,21). The molecule has 1 aromatic carbocycles. The van der Waals surface area contributed by atoms with Gasteiger partial charge in [-0.2, -0.15) is 0 Å². The largest absolute Gasteiger partial charge is 0.493 e. The Labute approximate surface area is 151 Å². The van der Waals surface area contributed by atoms with E-state index in [4.69, 9.17) is 32.7 Å². The minimum Gasteiger partial charge on any atom is -0.493 e. The molecule has 1 aromatic rings. The van der Waals surface area contributed by atoms with Crippen molar-refractivity contribution < 1.29 is 19.1 Å². The number of alkyl halides is 2. The molecule has 1 fully saturated rings. The highest BCUT2D eigenvalue weighted by Crippen LogP contribution is 2.28. The van der Waals surface area contributed by atoms with Crippen molar-refractivity contribution >= 4 is 35.0 Å². The number of hydrogen-bond acceptors (Lipinski definition) is 4. The lowest BCUT2D eigenvalue weighted by Gasteiger charge is -2.32. The first kappa shape index (κ1) is 18.7. The predicted octanol–water partition coefficient (Wildman–Crippen LogP) is 2.23. The Kier molecular flexibility index (Phi) is 6.57. The monoisotopic (exact) mass is 374 g/mol. The Balaban J connectivity index is 1.96. The second-order valence-electron chi connectivity index (χ2n) is 5.45. The van der Waals surface area contributed by atoms with Gasteiger partial charge < -0.3 is 19.7 Å². The van der Waals surface area contributed by atoms with Crippen molar-refractivity contribution in [2.24, 2.45) is 0 Å². The normalized spacial score (nSPS) is 15.3. The highest BCUT2D eigenvalue weighted by atomic mass is 35.5. The van der Waals surface area contributed by atoms with E-state index < -0.39 is 10.7 Å². The third kappa shape index (κ3) is 4.45. The van der Waals surface area contributed by atoms with Gasteiger partial charge in [0.1, 0.15) is 0 Å². The summed E-state index contributed by atoms with van der Waals surface area (Å²) in [5.74, 6) is 0.615. The van der Waals surface area contributed by atoms with E-state index in [1.54, 1.807) is 30.2 Å². The summed E-state index contributed by atoms with van der Waals surface area (Å²) in [6, 6.07) is 5.07. The Morgan fingerprint density at radius 2 is 1.79 bits per heavy atom. The molecule has 0 spiro atoms. The van der Waals surface area contributed by atoms with Gasteiger partial charge in [-0.3, -0.25) is 9.59 Å². The average molecular weight is 375 g/mol. The van der Waals surface area contributed by atoms with Crippen LogP contribution in [0.1, 0.15) is 23.2 Å². The Morgan fingerprint density at radius 1 is 1.17 bits per heavy atom. The van der Waals surface area contributed by atoms with E-state index in [0.717, 1.165) is 0 Å². The van der Waals surface area contributed by atoms with Crippen molar-refractivity contribution in [1.29, 1.82) is 0 Å². The molecule has 1 aliphatic heterocycles. The fourth-order valence-electron chi connectivity index (χ4n) is 2.64. The van der Waals surface area contributed by atoms with Gasteiger partial charge in [-0.05, 0) is 31.0 Å². The van der Waals surface area contributed by atoms with Crippen LogP contribution in [0, 0.1) is 0 Å². The Morgan fingerprint density at radius 3 is 2.33 bits per heavy atom. The third-order valence-corrected chi connectivity index (χ3v) is 4.35. The second-order valence-corrected chi connectivity index (χ2v) is 6.54. The lowest BCUT2D eigenvalue weighted by atomic mass is 10.0. The summed E-state index contributed by atoms with van der Waals surface area (Å²) in [4.78, 5) is 24.8. The van der Waals surface area contributed by atoms with Crippen LogP contribution < -0.4 is 14.8 Å². The van der Waals surface area contributed by atoms with Gasteiger partial charge in [0.25, 0.3) is 11.8 Å². The molecule has 0 atom stereocenters. The first-order chi connectivity index (χ1) is 11.5. The maximum atomic E-state index is 12.6. The average Bonchev–Trinajstić information content (AvgIpc) is 2.61. The van der Waals surface area contributed by atoms with Gasteiger partial charge >= 0.3 is 0 Å². The molecule has 1 heterocycles. The van der Waals surface area contributed by atoms with E-state index in [1.165, 1.54) is 7.11 Å². The molecule has 1 saturated heterocycles. The summed E-state index contributed by atoms with van der Waals surface area (Å²) in [5, 5.41) is 2.77. The van der Waals surface area contributed by atoms with Gasteiger partial charge in [-0.15, -0.1) is 0 Å². The fraction of sp³-hybridized carbons (Fsp3) is 0.500. The second kappa shape index (κ2) is 8.44. The minimum atomic E-state index is -1.07. The molecule has 1 N–H and O–H groups in total. The first-order valence-electron chi connectivity index (χ1n) is 7.56. The van der Waals surface area contributed by atoms with Crippen molar-refractivity contribution in [3.8, 4) is 11.5 Å². The lowest BCUT2D eigenvalue weighted by molar-refractivity contribution is -0.120. The lowest BCUT2D eigenvalue weighted by Crippen LogP contribution is -2.47. The number of methoxy groups -OCH3 is 2. The highest BCUT2D eigenvalue weighted by Gasteiger charge is 2.26. The molecule has 8 heteroatoms. The molecule has 0 aromatic heterocycles.